The minimum absolute atomic E-state index is 0.418. The first kappa shape index (κ1) is 16.5. The van der Waals surface area contributed by atoms with E-state index in [2.05, 4.69) is 19.5 Å². The molecule has 1 saturated heterocycles. The quantitative estimate of drug-likeness (QED) is 0.779. The SMILES string of the molecule is O[C@H](CN1CCC(c2nnc3ccccn23)CC1)c1ccc(Cl)cc1. The van der Waals surface area contributed by atoms with Gasteiger partial charge in [-0.1, -0.05) is 29.8 Å². The molecule has 0 radical (unpaired) electrons. The number of fused-ring (bicyclic) bond motifs is 1. The van der Waals surface area contributed by atoms with Crippen LogP contribution in [0.4, 0.5) is 0 Å². The first-order valence-electron chi connectivity index (χ1n) is 8.66. The Kier molecular flexibility index (Phi) is 4.70. The fourth-order valence-electron chi connectivity index (χ4n) is 3.55. The van der Waals surface area contributed by atoms with E-state index in [0.717, 1.165) is 43.0 Å². The largest absolute Gasteiger partial charge is 0.387 e. The monoisotopic (exact) mass is 356 g/mol. The first-order valence-corrected chi connectivity index (χ1v) is 9.04. The topological polar surface area (TPSA) is 53.7 Å². The maximum atomic E-state index is 10.4. The molecular formula is C19H21ClN4O. The van der Waals surface area contributed by atoms with Crippen LogP contribution >= 0.6 is 11.6 Å². The first-order chi connectivity index (χ1) is 12.2. The second-order valence-corrected chi connectivity index (χ2v) is 7.07. The summed E-state index contributed by atoms with van der Waals surface area (Å²) in [7, 11) is 0. The van der Waals surface area contributed by atoms with Gasteiger partial charge in [-0.25, -0.2) is 0 Å². The molecule has 1 atom stereocenters. The summed E-state index contributed by atoms with van der Waals surface area (Å²) >= 11 is 5.91. The molecule has 6 heteroatoms. The number of aliphatic hydroxyl groups is 1. The van der Waals surface area contributed by atoms with Crippen molar-refractivity contribution in [3.05, 3.63) is 65.1 Å². The van der Waals surface area contributed by atoms with E-state index >= 15 is 0 Å². The summed E-state index contributed by atoms with van der Waals surface area (Å²) in [5.74, 6) is 1.47. The number of halogens is 1. The van der Waals surface area contributed by atoms with Crippen LogP contribution in [-0.4, -0.2) is 44.2 Å². The molecule has 1 fully saturated rings. The van der Waals surface area contributed by atoms with E-state index in [0.29, 0.717) is 17.5 Å². The molecule has 0 spiro atoms. The lowest BCUT2D eigenvalue weighted by Gasteiger charge is -2.32. The van der Waals surface area contributed by atoms with Crippen LogP contribution in [0.25, 0.3) is 5.65 Å². The molecule has 0 saturated carbocycles. The van der Waals surface area contributed by atoms with Gasteiger partial charge >= 0.3 is 0 Å². The summed E-state index contributed by atoms with van der Waals surface area (Å²) < 4.78 is 2.09. The van der Waals surface area contributed by atoms with Gasteiger partial charge in [0.15, 0.2) is 5.65 Å². The number of piperidine rings is 1. The van der Waals surface area contributed by atoms with Crippen molar-refractivity contribution < 1.29 is 5.11 Å². The number of nitrogens with zero attached hydrogens (tertiary/aromatic N) is 4. The molecule has 0 unspecified atom stereocenters. The Labute approximate surface area is 151 Å². The highest BCUT2D eigenvalue weighted by Crippen LogP contribution is 2.28. The predicted molar refractivity (Wildman–Crippen MR) is 97.8 cm³/mol. The molecule has 1 aromatic carbocycles. The van der Waals surface area contributed by atoms with Crippen LogP contribution in [0.15, 0.2) is 48.7 Å². The van der Waals surface area contributed by atoms with Crippen molar-refractivity contribution in [3.8, 4) is 0 Å². The number of aromatic nitrogens is 3. The lowest BCUT2D eigenvalue weighted by molar-refractivity contribution is 0.0965. The van der Waals surface area contributed by atoms with Crippen LogP contribution in [0.5, 0.6) is 0 Å². The third-order valence-electron chi connectivity index (χ3n) is 4.98. The van der Waals surface area contributed by atoms with Crippen LogP contribution in [0, 0.1) is 0 Å². The molecule has 3 aromatic rings. The zero-order valence-electron chi connectivity index (χ0n) is 13.9. The Morgan fingerprint density at radius 3 is 2.60 bits per heavy atom. The molecule has 5 nitrogen and oxygen atoms in total. The van der Waals surface area contributed by atoms with Gasteiger partial charge < -0.3 is 10.0 Å². The standard InChI is InChI=1S/C19H21ClN4O/c20-16-6-4-14(5-7-16)17(25)13-23-11-8-15(9-12-23)19-22-21-18-3-1-2-10-24(18)19/h1-7,10,15,17,25H,8-9,11-13H2/t17-/m1/s1. The van der Waals surface area contributed by atoms with Crippen molar-refractivity contribution in [2.45, 2.75) is 24.9 Å². The van der Waals surface area contributed by atoms with Gasteiger partial charge in [0.05, 0.1) is 6.10 Å². The van der Waals surface area contributed by atoms with Crippen LogP contribution in [-0.2, 0) is 0 Å². The lowest BCUT2D eigenvalue weighted by Crippen LogP contribution is -2.36. The highest BCUT2D eigenvalue weighted by molar-refractivity contribution is 6.30. The Hall–Kier alpha value is -1.95. The van der Waals surface area contributed by atoms with Crippen LogP contribution in [0.1, 0.15) is 36.3 Å². The summed E-state index contributed by atoms with van der Waals surface area (Å²) in [5.41, 5.74) is 1.81. The van der Waals surface area contributed by atoms with Gasteiger partial charge in [-0.05, 0) is 55.8 Å². The predicted octanol–water partition coefficient (Wildman–Crippen LogP) is 3.30. The molecule has 0 bridgehead atoms. The van der Waals surface area contributed by atoms with E-state index in [-0.39, 0.29) is 0 Å². The van der Waals surface area contributed by atoms with Gasteiger partial charge in [0.2, 0.25) is 0 Å². The van der Waals surface area contributed by atoms with Gasteiger partial charge in [0.25, 0.3) is 0 Å². The minimum atomic E-state index is -0.484. The molecule has 25 heavy (non-hydrogen) atoms. The van der Waals surface area contributed by atoms with E-state index < -0.39 is 6.10 Å². The molecule has 4 rings (SSSR count). The second kappa shape index (κ2) is 7.12. The lowest BCUT2D eigenvalue weighted by atomic mass is 9.95. The fraction of sp³-hybridized carbons (Fsp3) is 0.368. The summed E-state index contributed by atoms with van der Waals surface area (Å²) in [5, 5.41) is 19.8. The highest BCUT2D eigenvalue weighted by atomic mass is 35.5. The smallest absolute Gasteiger partial charge is 0.160 e. The molecule has 130 valence electrons. The average molecular weight is 357 g/mol. The average Bonchev–Trinajstić information content (AvgIpc) is 3.07. The molecule has 1 aliphatic heterocycles. The number of hydrogen-bond donors (Lipinski definition) is 1. The van der Waals surface area contributed by atoms with E-state index in [1.165, 1.54) is 0 Å². The molecule has 0 aliphatic carbocycles. The number of aliphatic hydroxyl groups excluding tert-OH is 1. The van der Waals surface area contributed by atoms with E-state index in [9.17, 15) is 5.11 Å². The third-order valence-corrected chi connectivity index (χ3v) is 5.23. The Morgan fingerprint density at radius 1 is 1.08 bits per heavy atom. The summed E-state index contributed by atoms with van der Waals surface area (Å²) in [6, 6.07) is 13.4. The molecular weight excluding hydrogens is 336 g/mol. The summed E-state index contributed by atoms with van der Waals surface area (Å²) in [6.07, 6.45) is 3.61. The van der Waals surface area contributed by atoms with Crippen molar-refractivity contribution >= 4 is 17.2 Å². The third kappa shape index (κ3) is 3.54. The maximum absolute atomic E-state index is 10.4. The molecule has 2 aromatic heterocycles. The number of benzene rings is 1. The number of β-amino-alcohol motifs (C(OH)–C–C–N with tert-alkyl or cyclic N) is 1. The molecule has 1 aliphatic rings. The van der Waals surface area contributed by atoms with Crippen molar-refractivity contribution in [1.29, 1.82) is 0 Å². The fourth-order valence-corrected chi connectivity index (χ4v) is 3.67. The summed E-state index contributed by atoms with van der Waals surface area (Å²) in [4.78, 5) is 2.32. The molecule has 1 N–H and O–H groups in total. The van der Waals surface area contributed by atoms with Crippen LogP contribution in [0.3, 0.4) is 0 Å². The normalized spacial score (nSPS) is 17.8. The molecule has 0 amide bonds. The minimum Gasteiger partial charge on any atom is -0.387 e. The Balaban J connectivity index is 1.37. The number of hydrogen-bond acceptors (Lipinski definition) is 4. The summed E-state index contributed by atoms with van der Waals surface area (Å²) in [6.45, 7) is 2.56. The van der Waals surface area contributed by atoms with Gasteiger partial charge in [0.1, 0.15) is 5.82 Å². The Morgan fingerprint density at radius 2 is 1.84 bits per heavy atom. The molecule has 3 heterocycles. The number of pyridine rings is 1. The van der Waals surface area contributed by atoms with Crippen molar-refractivity contribution in [2.75, 3.05) is 19.6 Å². The number of rotatable bonds is 4. The van der Waals surface area contributed by atoms with Crippen LogP contribution in [0.2, 0.25) is 5.02 Å². The van der Waals surface area contributed by atoms with Gasteiger partial charge in [-0.2, -0.15) is 0 Å². The van der Waals surface area contributed by atoms with E-state index in [1.54, 1.807) is 0 Å². The van der Waals surface area contributed by atoms with Crippen LogP contribution < -0.4 is 0 Å². The van der Waals surface area contributed by atoms with E-state index in [1.807, 2.05) is 48.7 Å². The zero-order chi connectivity index (χ0) is 17.2. The zero-order valence-corrected chi connectivity index (χ0v) is 14.7. The Bertz CT molecular complexity index is 840. The van der Waals surface area contributed by atoms with E-state index in [4.69, 9.17) is 11.6 Å². The van der Waals surface area contributed by atoms with Crippen molar-refractivity contribution in [1.82, 2.24) is 19.5 Å². The van der Waals surface area contributed by atoms with Crippen molar-refractivity contribution in [2.24, 2.45) is 0 Å². The van der Waals surface area contributed by atoms with Crippen molar-refractivity contribution in [3.63, 3.8) is 0 Å². The highest BCUT2D eigenvalue weighted by Gasteiger charge is 2.25. The van der Waals surface area contributed by atoms with Gasteiger partial charge in [-0.3, -0.25) is 4.40 Å². The van der Waals surface area contributed by atoms with Gasteiger partial charge in [0, 0.05) is 23.7 Å². The second-order valence-electron chi connectivity index (χ2n) is 6.63. The van der Waals surface area contributed by atoms with Gasteiger partial charge in [-0.15, -0.1) is 10.2 Å². The maximum Gasteiger partial charge on any atom is 0.160 e. The number of likely N-dealkylation sites (tertiary alicyclic amines) is 1.